The highest BCUT2D eigenvalue weighted by molar-refractivity contribution is 9.10. The van der Waals surface area contributed by atoms with Crippen LogP contribution in [0.25, 0.3) is 0 Å². The summed E-state index contributed by atoms with van der Waals surface area (Å²) in [5.41, 5.74) is 0. The molecule has 0 saturated carbocycles. The van der Waals surface area contributed by atoms with Crippen LogP contribution in [-0.4, -0.2) is 24.3 Å². The van der Waals surface area contributed by atoms with E-state index in [1.807, 2.05) is 0 Å². The molecule has 1 N–H and O–H groups in total. The number of halogens is 4. The molecule has 0 fully saturated rings. The number of hydrogen-bond donors (Lipinski definition) is 1. The molecule has 1 rings (SSSR count). The second-order valence-corrected chi connectivity index (χ2v) is 5.33. The van der Waals surface area contributed by atoms with Crippen molar-refractivity contribution in [3.8, 4) is 0 Å². The fourth-order valence-electron chi connectivity index (χ4n) is 0.864. The van der Waals surface area contributed by atoms with Crippen molar-refractivity contribution in [3.05, 3.63) is 19.8 Å². The molecule has 1 heterocycles. The van der Waals surface area contributed by atoms with Crippen molar-refractivity contribution < 1.29 is 23.4 Å². The van der Waals surface area contributed by atoms with Gasteiger partial charge in [0.1, 0.15) is 17.6 Å². The topological polar surface area (TPSA) is 46.5 Å². The molecule has 0 atom stereocenters. The van der Waals surface area contributed by atoms with Gasteiger partial charge in [-0.2, -0.15) is 8.78 Å². The Kier molecular flexibility index (Phi) is 4.66. The van der Waals surface area contributed by atoms with Crippen LogP contribution in [-0.2, 0) is 15.5 Å². The Labute approximate surface area is 107 Å². The van der Waals surface area contributed by atoms with Gasteiger partial charge in [0.05, 0.1) is 4.88 Å². The van der Waals surface area contributed by atoms with Crippen LogP contribution in [0.5, 0.6) is 0 Å². The van der Waals surface area contributed by atoms with Crippen molar-refractivity contribution >= 4 is 44.8 Å². The van der Waals surface area contributed by atoms with Crippen LogP contribution in [0, 0.1) is 0 Å². The lowest BCUT2D eigenvalue weighted by Gasteiger charge is -2.13. The van der Waals surface area contributed by atoms with Gasteiger partial charge in [-0.05, 0) is 22.0 Å². The maximum atomic E-state index is 13.4. The van der Waals surface area contributed by atoms with Gasteiger partial charge in [-0.1, -0.05) is 11.6 Å². The summed E-state index contributed by atoms with van der Waals surface area (Å²) >= 11 is 9.35. The van der Waals surface area contributed by atoms with Gasteiger partial charge in [0.25, 0.3) is 0 Å². The molecule has 0 aromatic carbocycles. The Balaban J connectivity index is 2.66. The van der Waals surface area contributed by atoms with Crippen LogP contribution in [0.1, 0.15) is 4.88 Å². The minimum atomic E-state index is -3.24. The SMILES string of the molecule is O=C(O)COCC(F)(F)c1cc(Br)c(Cl)s1. The summed E-state index contributed by atoms with van der Waals surface area (Å²) in [5.74, 6) is -4.53. The standard InChI is InChI=1S/C8H6BrClF2O3S/c9-4-1-5(16-7(4)10)8(11,12)3-15-2-6(13)14/h1H,2-3H2,(H,13,14). The summed E-state index contributed by atoms with van der Waals surface area (Å²) in [6.07, 6.45) is 0. The zero-order valence-electron chi connectivity index (χ0n) is 7.68. The predicted molar refractivity (Wildman–Crippen MR) is 59.4 cm³/mol. The van der Waals surface area contributed by atoms with E-state index in [0.717, 1.165) is 11.3 Å². The molecule has 0 aliphatic heterocycles. The number of thiophene rings is 1. The molecule has 0 radical (unpaired) electrons. The number of carbonyl (C=O) groups is 1. The second-order valence-electron chi connectivity index (χ2n) is 2.82. The molecular formula is C8H6BrClF2O3S. The zero-order chi connectivity index (χ0) is 12.3. The average Bonchev–Trinajstić information content (AvgIpc) is 2.46. The quantitative estimate of drug-likeness (QED) is 0.897. The van der Waals surface area contributed by atoms with E-state index in [-0.39, 0.29) is 9.21 Å². The van der Waals surface area contributed by atoms with E-state index < -0.39 is 25.1 Å². The second kappa shape index (κ2) is 5.39. The molecule has 3 nitrogen and oxygen atoms in total. The average molecular weight is 336 g/mol. The highest BCUT2D eigenvalue weighted by Crippen LogP contribution is 2.40. The van der Waals surface area contributed by atoms with Crippen LogP contribution >= 0.6 is 38.9 Å². The third-order valence-electron chi connectivity index (χ3n) is 1.51. The van der Waals surface area contributed by atoms with Crippen molar-refractivity contribution in [3.63, 3.8) is 0 Å². The van der Waals surface area contributed by atoms with E-state index in [2.05, 4.69) is 20.7 Å². The summed E-state index contributed by atoms with van der Waals surface area (Å²) < 4.78 is 31.8. The van der Waals surface area contributed by atoms with Crippen molar-refractivity contribution in [1.82, 2.24) is 0 Å². The van der Waals surface area contributed by atoms with Gasteiger partial charge in [0.15, 0.2) is 0 Å². The fourth-order valence-corrected chi connectivity index (χ4v) is 2.53. The molecule has 0 saturated heterocycles. The first-order valence-corrected chi connectivity index (χ1v) is 5.94. The van der Waals surface area contributed by atoms with E-state index in [9.17, 15) is 13.6 Å². The van der Waals surface area contributed by atoms with Crippen LogP contribution in [0.15, 0.2) is 10.5 Å². The van der Waals surface area contributed by atoms with E-state index in [0.29, 0.717) is 4.47 Å². The third kappa shape index (κ3) is 3.65. The Morgan fingerprint density at radius 1 is 1.69 bits per heavy atom. The van der Waals surface area contributed by atoms with Crippen molar-refractivity contribution in [1.29, 1.82) is 0 Å². The smallest absolute Gasteiger partial charge is 0.329 e. The van der Waals surface area contributed by atoms with Crippen LogP contribution < -0.4 is 0 Å². The van der Waals surface area contributed by atoms with Gasteiger partial charge >= 0.3 is 11.9 Å². The number of carboxylic acid groups (broad SMARTS) is 1. The molecule has 1 aromatic heterocycles. The number of ether oxygens (including phenoxy) is 1. The molecular weight excluding hydrogens is 330 g/mol. The van der Waals surface area contributed by atoms with Gasteiger partial charge in [0, 0.05) is 4.47 Å². The molecule has 1 aromatic rings. The first-order valence-electron chi connectivity index (χ1n) is 3.95. The molecule has 0 spiro atoms. The number of alkyl halides is 2. The summed E-state index contributed by atoms with van der Waals surface area (Å²) in [6, 6.07) is 1.19. The van der Waals surface area contributed by atoms with Crippen molar-refractivity contribution in [2.24, 2.45) is 0 Å². The first kappa shape index (κ1) is 13.8. The monoisotopic (exact) mass is 334 g/mol. The zero-order valence-corrected chi connectivity index (χ0v) is 10.8. The van der Waals surface area contributed by atoms with Gasteiger partial charge in [0.2, 0.25) is 0 Å². The maximum absolute atomic E-state index is 13.4. The summed E-state index contributed by atoms with van der Waals surface area (Å²) in [4.78, 5) is 9.82. The minimum absolute atomic E-state index is 0.216. The highest BCUT2D eigenvalue weighted by atomic mass is 79.9. The Morgan fingerprint density at radius 2 is 2.31 bits per heavy atom. The highest BCUT2D eigenvalue weighted by Gasteiger charge is 2.34. The number of hydrogen-bond acceptors (Lipinski definition) is 3. The van der Waals surface area contributed by atoms with Crippen LogP contribution in [0.3, 0.4) is 0 Å². The van der Waals surface area contributed by atoms with E-state index in [1.54, 1.807) is 0 Å². The molecule has 16 heavy (non-hydrogen) atoms. The Hall–Kier alpha value is -0.240. The fraction of sp³-hybridized carbons (Fsp3) is 0.375. The molecule has 90 valence electrons. The molecule has 0 aliphatic carbocycles. The lowest BCUT2D eigenvalue weighted by molar-refractivity contribution is -0.147. The third-order valence-corrected chi connectivity index (χ3v) is 4.10. The molecule has 0 aliphatic rings. The normalized spacial score (nSPS) is 11.8. The van der Waals surface area contributed by atoms with Crippen molar-refractivity contribution in [2.45, 2.75) is 5.92 Å². The minimum Gasteiger partial charge on any atom is -0.480 e. The van der Waals surface area contributed by atoms with E-state index in [1.165, 1.54) is 6.07 Å². The van der Waals surface area contributed by atoms with Gasteiger partial charge < -0.3 is 9.84 Å². The van der Waals surface area contributed by atoms with Crippen molar-refractivity contribution in [2.75, 3.05) is 13.2 Å². The largest absolute Gasteiger partial charge is 0.480 e. The number of aliphatic carboxylic acids is 1. The first-order chi connectivity index (χ1) is 7.33. The van der Waals surface area contributed by atoms with Gasteiger partial charge in [-0.3, -0.25) is 0 Å². The lowest BCUT2D eigenvalue weighted by Crippen LogP contribution is -2.22. The lowest BCUT2D eigenvalue weighted by atomic mass is 10.3. The maximum Gasteiger partial charge on any atom is 0.329 e. The van der Waals surface area contributed by atoms with Crippen LogP contribution in [0.2, 0.25) is 4.34 Å². The molecule has 8 heteroatoms. The number of carboxylic acids is 1. The summed E-state index contributed by atoms with van der Waals surface area (Å²) in [5, 5.41) is 8.23. The summed E-state index contributed by atoms with van der Waals surface area (Å²) in [7, 11) is 0. The molecule has 0 amide bonds. The Bertz CT molecular complexity index is 377. The van der Waals surface area contributed by atoms with E-state index >= 15 is 0 Å². The van der Waals surface area contributed by atoms with Crippen LogP contribution in [0.4, 0.5) is 8.78 Å². The summed E-state index contributed by atoms with van der Waals surface area (Å²) in [6.45, 7) is -1.74. The predicted octanol–water partition coefficient (Wildman–Crippen LogP) is 3.36. The molecule has 0 unspecified atom stereocenters. The van der Waals surface area contributed by atoms with E-state index in [4.69, 9.17) is 16.7 Å². The van der Waals surface area contributed by atoms with Gasteiger partial charge in [-0.25, -0.2) is 4.79 Å². The molecule has 0 bridgehead atoms. The Morgan fingerprint density at radius 3 is 2.75 bits per heavy atom. The number of rotatable bonds is 5. The van der Waals surface area contributed by atoms with Gasteiger partial charge in [-0.15, -0.1) is 11.3 Å².